The first-order valence-corrected chi connectivity index (χ1v) is 7.90. The van der Waals surface area contributed by atoms with Crippen molar-refractivity contribution in [3.8, 4) is 5.75 Å². The second-order valence-electron chi connectivity index (χ2n) is 5.85. The largest absolute Gasteiger partial charge is 0.491 e. The van der Waals surface area contributed by atoms with Crippen molar-refractivity contribution in [3.63, 3.8) is 0 Å². The van der Waals surface area contributed by atoms with Crippen molar-refractivity contribution < 1.29 is 14.3 Å². The predicted octanol–water partition coefficient (Wildman–Crippen LogP) is 2.47. The lowest BCUT2D eigenvalue weighted by Crippen LogP contribution is -2.41. The lowest BCUT2D eigenvalue weighted by atomic mass is 10.1. The molecule has 1 atom stereocenters. The van der Waals surface area contributed by atoms with Crippen LogP contribution in [0.2, 0.25) is 0 Å². The van der Waals surface area contributed by atoms with Gasteiger partial charge in [-0.25, -0.2) is 4.79 Å². The maximum Gasteiger partial charge on any atom is 0.315 e. The van der Waals surface area contributed by atoms with E-state index in [9.17, 15) is 4.79 Å². The summed E-state index contributed by atoms with van der Waals surface area (Å²) in [6, 6.07) is 4.03. The van der Waals surface area contributed by atoms with Crippen molar-refractivity contribution in [3.05, 3.63) is 28.8 Å². The number of amides is 2. The lowest BCUT2D eigenvalue weighted by molar-refractivity contribution is 0.111. The number of benzene rings is 1. The Labute approximate surface area is 132 Å². The summed E-state index contributed by atoms with van der Waals surface area (Å²) in [5.74, 6) is 0.909. The molecule has 122 valence electrons. The van der Waals surface area contributed by atoms with Crippen molar-refractivity contribution in [1.29, 1.82) is 0 Å². The maximum atomic E-state index is 11.7. The zero-order valence-electron chi connectivity index (χ0n) is 13.7. The summed E-state index contributed by atoms with van der Waals surface area (Å²) in [5.41, 5.74) is 3.48. The van der Waals surface area contributed by atoms with Gasteiger partial charge in [0.2, 0.25) is 0 Å². The van der Waals surface area contributed by atoms with Crippen LogP contribution in [0.5, 0.6) is 5.75 Å². The molecule has 0 spiro atoms. The predicted molar refractivity (Wildman–Crippen MR) is 86.5 cm³/mol. The molecule has 1 aromatic carbocycles. The highest BCUT2D eigenvalue weighted by Gasteiger charge is 2.15. The molecule has 0 bridgehead atoms. The number of ether oxygens (including phenoxy) is 2. The first kappa shape index (κ1) is 16.6. The minimum absolute atomic E-state index is 0.167. The minimum Gasteiger partial charge on any atom is -0.491 e. The van der Waals surface area contributed by atoms with Crippen molar-refractivity contribution in [2.24, 2.45) is 0 Å². The quantitative estimate of drug-likeness (QED) is 0.794. The van der Waals surface area contributed by atoms with Crippen LogP contribution in [0, 0.1) is 20.8 Å². The second-order valence-corrected chi connectivity index (χ2v) is 5.85. The number of nitrogens with one attached hydrogen (secondary N) is 2. The summed E-state index contributed by atoms with van der Waals surface area (Å²) in [5, 5.41) is 5.62. The summed E-state index contributed by atoms with van der Waals surface area (Å²) in [7, 11) is 0. The third-order valence-corrected chi connectivity index (χ3v) is 3.75. The highest BCUT2D eigenvalue weighted by molar-refractivity contribution is 5.73. The standard InChI is InChI=1S/C17H26N2O3/c1-12-9-13(2)16(14(3)10-12)22-8-6-18-17(20)19-11-15-5-4-7-21-15/h9-10,15H,4-8,11H2,1-3H3,(H2,18,19,20). The summed E-state index contributed by atoms with van der Waals surface area (Å²) < 4.78 is 11.2. The number of urea groups is 1. The third kappa shape index (κ3) is 4.91. The van der Waals surface area contributed by atoms with Crippen LogP contribution in [0.4, 0.5) is 4.79 Å². The van der Waals surface area contributed by atoms with Crippen LogP contribution in [-0.2, 0) is 4.74 Å². The molecule has 0 aliphatic carbocycles. The normalized spacial score (nSPS) is 17.3. The number of carbonyl (C=O) groups is 1. The van der Waals surface area contributed by atoms with E-state index >= 15 is 0 Å². The van der Waals surface area contributed by atoms with Gasteiger partial charge in [0.05, 0.1) is 12.6 Å². The molecule has 0 radical (unpaired) electrons. The molecule has 22 heavy (non-hydrogen) atoms. The molecule has 1 aromatic rings. The first-order chi connectivity index (χ1) is 10.6. The van der Waals surface area contributed by atoms with E-state index < -0.39 is 0 Å². The van der Waals surface area contributed by atoms with Gasteiger partial charge in [0.15, 0.2) is 0 Å². The lowest BCUT2D eigenvalue weighted by Gasteiger charge is -2.14. The van der Waals surface area contributed by atoms with E-state index in [-0.39, 0.29) is 12.1 Å². The number of rotatable bonds is 6. The van der Waals surface area contributed by atoms with Gasteiger partial charge in [0.1, 0.15) is 12.4 Å². The number of hydrogen-bond donors (Lipinski definition) is 2. The molecule has 2 amide bonds. The van der Waals surface area contributed by atoms with E-state index in [0.29, 0.717) is 19.7 Å². The fraction of sp³-hybridized carbons (Fsp3) is 0.588. The molecule has 0 saturated carbocycles. The fourth-order valence-electron chi connectivity index (χ4n) is 2.79. The summed E-state index contributed by atoms with van der Waals surface area (Å²) >= 11 is 0. The Bertz CT molecular complexity index is 488. The Morgan fingerprint density at radius 1 is 1.27 bits per heavy atom. The molecule has 1 saturated heterocycles. The number of hydrogen-bond acceptors (Lipinski definition) is 3. The summed E-state index contributed by atoms with van der Waals surface area (Å²) in [4.78, 5) is 11.7. The Morgan fingerprint density at radius 3 is 2.64 bits per heavy atom. The van der Waals surface area contributed by atoms with Crippen LogP contribution in [0.3, 0.4) is 0 Å². The molecule has 5 heteroatoms. The van der Waals surface area contributed by atoms with E-state index in [1.807, 2.05) is 13.8 Å². The molecule has 1 aliphatic heterocycles. The van der Waals surface area contributed by atoms with E-state index in [4.69, 9.17) is 9.47 Å². The number of aryl methyl sites for hydroxylation is 3. The van der Waals surface area contributed by atoms with Gasteiger partial charge in [-0.1, -0.05) is 17.7 Å². The van der Waals surface area contributed by atoms with Crippen LogP contribution in [-0.4, -0.2) is 38.4 Å². The van der Waals surface area contributed by atoms with Gasteiger partial charge in [0.25, 0.3) is 0 Å². The van der Waals surface area contributed by atoms with Gasteiger partial charge < -0.3 is 20.1 Å². The van der Waals surface area contributed by atoms with Gasteiger partial charge >= 0.3 is 6.03 Å². The average molecular weight is 306 g/mol. The third-order valence-electron chi connectivity index (χ3n) is 3.75. The first-order valence-electron chi connectivity index (χ1n) is 7.90. The molecule has 5 nitrogen and oxygen atoms in total. The van der Waals surface area contributed by atoms with Crippen LogP contribution >= 0.6 is 0 Å². The molecule has 2 rings (SSSR count). The fourth-order valence-corrected chi connectivity index (χ4v) is 2.79. The van der Waals surface area contributed by atoms with Crippen molar-refractivity contribution in [1.82, 2.24) is 10.6 Å². The highest BCUT2D eigenvalue weighted by Crippen LogP contribution is 2.24. The zero-order chi connectivity index (χ0) is 15.9. The molecule has 1 fully saturated rings. The monoisotopic (exact) mass is 306 g/mol. The van der Waals surface area contributed by atoms with Gasteiger partial charge in [-0.3, -0.25) is 0 Å². The molecule has 0 aromatic heterocycles. The Kier molecular flexibility index (Phi) is 6.07. The van der Waals surface area contributed by atoms with Crippen LogP contribution < -0.4 is 15.4 Å². The van der Waals surface area contributed by atoms with Crippen LogP contribution in [0.25, 0.3) is 0 Å². The van der Waals surface area contributed by atoms with Gasteiger partial charge in [-0.15, -0.1) is 0 Å². The van der Waals surface area contributed by atoms with E-state index in [1.165, 1.54) is 5.56 Å². The van der Waals surface area contributed by atoms with E-state index in [0.717, 1.165) is 36.3 Å². The molecule has 2 N–H and O–H groups in total. The molecule has 1 heterocycles. The zero-order valence-corrected chi connectivity index (χ0v) is 13.7. The van der Waals surface area contributed by atoms with Gasteiger partial charge in [-0.2, -0.15) is 0 Å². The smallest absolute Gasteiger partial charge is 0.315 e. The maximum absolute atomic E-state index is 11.7. The van der Waals surface area contributed by atoms with Crippen LogP contribution in [0.1, 0.15) is 29.5 Å². The average Bonchev–Trinajstić information content (AvgIpc) is 2.96. The topological polar surface area (TPSA) is 59.6 Å². The SMILES string of the molecule is Cc1cc(C)c(OCCNC(=O)NCC2CCCO2)c(C)c1. The molecule has 1 unspecified atom stereocenters. The molecular formula is C17H26N2O3. The van der Waals surface area contributed by atoms with Gasteiger partial charge in [-0.05, 0) is 44.7 Å². The van der Waals surface area contributed by atoms with E-state index in [1.54, 1.807) is 0 Å². The minimum atomic E-state index is -0.170. The number of carbonyl (C=O) groups excluding carboxylic acids is 1. The second kappa shape index (κ2) is 8.03. The molecular weight excluding hydrogens is 280 g/mol. The Hall–Kier alpha value is -1.75. The van der Waals surface area contributed by atoms with E-state index in [2.05, 4.69) is 29.7 Å². The van der Waals surface area contributed by atoms with Gasteiger partial charge in [0, 0.05) is 13.2 Å². The summed E-state index contributed by atoms with van der Waals surface area (Å²) in [6.45, 7) is 8.46. The highest BCUT2D eigenvalue weighted by atomic mass is 16.5. The van der Waals surface area contributed by atoms with Crippen molar-refractivity contribution >= 4 is 6.03 Å². The Balaban J connectivity index is 1.65. The van der Waals surface area contributed by atoms with Crippen molar-refractivity contribution in [2.75, 3.05) is 26.3 Å². The Morgan fingerprint density at radius 2 is 2.00 bits per heavy atom. The summed E-state index contributed by atoms with van der Waals surface area (Å²) in [6.07, 6.45) is 2.27. The molecule has 1 aliphatic rings. The van der Waals surface area contributed by atoms with Crippen LogP contribution in [0.15, 0.2) is 12.1 Å². The van der Waals surface area contributed by atoms with Crippen molar-refractivity contribution in [2.45, 2.75) is 39.7 Å².